The van der Waals surface area contributed by atoms with Gasteiger partial charge in [0.15, 0.2) is 6.10 Å². The van der Waals surface area contributed by atoms with Gasteiger partial charge in [-0.05, 0) is 82.1 Å². The monoisotopic (exact) mass is 600 g/mol. The van der Waals surface area contributed by atoms with Crippen LogP contribution in [0.3, 0.4) is 0 Å². The normalized spacial score (nSPS) is 17.7. The van der Waals surface area contributed by atoms with Gasteiger partial charge in [0.1, 0.15) is 0 Å². The molecule has 2 aliphatic rings. The lowest BCUT2D eigenvalue weighted by Gasteiger charge is -2.41. The zero-order valence-electron chi connectivity index (χ0n) is 27.7. The first-order chi connectivity index (χ1) is 20.7. The molecule has 0 saturated carbocycles. The fourth-order valence-corrected chi connectivity index (χ4v) is 6.55. The van der Waals surface area contributed by atoms with Gasteiger partial charge >= 0.3 is 5.97 Å². The topological polar surface area (TPSA) is 88.0 Å². The summed E-state index contributed by atoms with van der Waals surface area (Å²) in [6, 6.07) is 12.6. The molecular formula is C36H48N4O4. The SMILES string of the molecule is COc1cccc(CN2CCc3cc(-c4c(C)nc(C)c(C(OC(C)(C)C)C(=O)O)c4N4CCC(C)(C)CC4)ccc3C2)n1. The Hall–Kier alpha value is -3.49. The summed E-state index contributed by atoms with van der Waals surface area (Å²) in [7, 11) is 1.64. The first-order valence-corrected chi connectivity index (χ1v) is 15.8. The highest BCUT2D eigenvalue weighted by Gasteiger charge is 2.36. The van der Waals surface area contributed by atoms with E-state index in [9.17, 15) is 9.90 Å². The van der Waals surface area contributed by atoms with Crippen molar-refractivity contribution in [3.8, 4) is 17.0 Å². The Balaban J connectivity index is 1.55. The van der Waals surface area contributed by atoms with Crippen LogP contribution in [0.25, 0.3) is 11.1 Å². The number of rotatable bonds is 8. The second kappa shape index (κ2) is 12.5. The van der Waals surface area contributed by atoms with Crippen LogP contribution in [0.2, 0.25) is 0 Å². The van der Waals surface area contributed by atoms with Gasteiger partial charge in [-0.1, -0.05) is 38.1 Å². The van der Waals surface area contributed by atoms with Crippen LogP contribution in [0.1, 0.15) is 87.3 Å². The van der Waals surface area contributed by atoms with E-state index in [0.717, 1.165) is 80.2 Å². The van der Waals surface area contributed by atoms with E-state index in [1.807, 2.05) is 52.8 Å². The summed E-state index contributed by atoms with van der Waals surface area (Å²) >= 11 is 0. The number of carboxylic acid groups (broad SMARTS) is 1. The molecule has 8 nitrogen and oxygen atoms in total. The van der Waals surface area contributed by atoms with Gasteiger partial charge in [0.2, 0.25) is 5.88 Å². The summed E-state index contributed by atoms with van der Waals surface area (Å²) in [4.78, 5) is 27.2. The zero-order chi connectivity index (χ0) is 31.8. The third-order valence-electron chi connectivity index (χ3n) is 8.93. The molecular weight excluding hydrogens is 552 g/mol. The van der Waals surface area contributed by atoms with Gasteiger partial charge in [-0.25, -0.2) is 9.78 Å². The number of ether oxygens (including phenoxy) is 2. The van der Waals surface area contributed by atoms with Crippen LogP contribution in [0.15, 0.2) is 36.4 Å². The number of methoxy groups -OCH3 is 1. The number of anilines is 1. The average Bonchev–Trinajstić information content (AvgIpc) is 2.95. The van der Waals surface area contributed by atoms with E-state index in [1.165, 1.54) is 11.1 Å². The van der Waals surface area contributed by atoms with Crippen molar-refractivity contribution < 1.29 is 19.4 Å². The van der Waals surface area contributed by atoms with Gasteiger partial charge in [0.05, 0.1) is 24.1 Å². The minimum absolute atomic E-state index is 0.250. The Morgan fingerprint density at radius 3 is 2.41 bits per heavy atom. The lowest BCUT2D eigenvalue weighted by atomic mass is 9.81. The summed E-state index contributed by atoms with van der Waals surface area (Å²) in [5.74, 6) is -0.355. The number of carbonyl (C=O) groups is 1. The molecule has 8 heteroatoms. The van der Waals surface area contributed by atoms with Crippen LogP contribution >= 0.6 is 0 Å². The fourth-order valence-electron chi connectivity index (χ4n) is 6.55. The molecule has 1 fully saturated rings. The van der Waals surface area contributed by atoms with Crippen LogP contribution in [-0.4, -0.2) is 58.3 Å². The van der Waals surface area contributed by atoms with Crippen molar-refractivity contribution in [1.29, 1.82) is 0 Å². The Morgan fingerprint density at radius 1 is 1.02 bits per heavy atom. The third-order valence-corrected chi connectivity index (χ3v) is 8.93. The molecule has 2 aliphatic heterocycles. The van der Waals surface area contributed by atoms with Gasteiger partial charge in [0.25, 0.3) is 0 Å². The number of benzene rings is 1. The van der Waals surface area contributed by atoms with E-state index >= 15 is 0 Å². The van der Waals surface area contributed by atoms with Crippen molar-refractivity contribution in [3.63, 3.8) is 0 Å². The molecule has 0 radical (unpaired) electrons. The minimum atomic E-state index is -1.12. The highest BCUT2D eigenvalue weighted by Crippen LogP contribution is 2.45. The third kappa shape index (κ3) is 7.08. The highest BCUT2D eigenvalue weighted by atomic mass is 16.5. The van der Waals surface area contributed by atoms with E-state index in [-0.39, 0.29) is 5.41 Å². The van der Waals surface area contributed by atoms with Crippen LogP contribution < -0.4 is 9.64 Å². The highest BCUT2D eigenvalue weighted by molar-refractivity contribution is 5.88. The first-order valence-electron chi connectivity index (χ1n) is 15.8. The van der Waals surface area contributed by atoms with Crippen molar-refractivity contribution in [2.24, 2.45) is 5.41 Å². The average molecular weight is 601 g/mol. The molecule has 0 aliphatic carbocycles. The Bertz CT molecular complexity index is 1520. The maximum Gasteiger partial charge on any atom is 0.337 e. The summed E-state index contributed by atoms with van der Waals surface area (Å²) in [5.41, 5.74) is 8.59. The molecule has 1 aromatic carbocycles. The van der Waals surface area contributed by atoms with Crippen molar-refractivity contribution in [1.82, 2.24) is 14.9 Å². The lowest BCUT2D eigenvalue weighted by Crippen LogP contribution is -2.39. The molecule has 44 heavy (non-hydrogen) atoms. The number of pyridine rings is 2. The van der Waals surface area contributed by atoms with Crippen molar-refractivity contribution in [2.45, 2.75) is 92.5 Å². The second-order valence-electron chi connectivity index (χ2n) is 14.1. The maximum absolute atomic E-state index is 12.8. The van der Waals surface area contributed by atoms with Gasteiger partial charge in [-0.2, -0.15) is 0 Å². The van der Waals surface area contributed by atoms with Crippen LogP contribution in [0.5, 0.6) is 5.88 Å². The van der Waals surface area contributed by atoms with E-state index < -0.39 is 17.7 Å². The molecule has 0 amide bonds. The van der Waals surface area contributed by atoms with Gasteiger partial charge in [-0.15, -0.1) is 0 Å². The summed E-state index contributed by atoms with van der Waals surface area (Å²) in [6.07, 6.45) is 1.87. The van der Waals surface area contributed by atoms with Crippen molar-refractivity contribution in [3.05, 3.63) is 70.2 Å². The molecule has 0 spiro atoms. The molecule has 0 bridgehead atoms. The van der Waals surface area contributed by atoms with Crippen molar-refractivity contribution >= 4 is 11.7 Å². The minimum Gasteiger partial charge on any atom is -0.481 e. The number of aryl methyl sites for hydroxylation is 2. The molecule has 5 rings (SSSR count). The van der Waals surface area contributed by atoms with Gasteiger partial charge in [-0.3, -0.25) is 9.88 Å². The summed E-state index contributed by atoms with van der Waals surface area (Å²) < 4.78 is 11.6. The van der Waals surface area contributed by atoms with Gasteiger partial charge in [0, 0.05) is 61.3 Å². The Morgan fingerprint density at radius 2 is 1.75 bits per heavy atom. The number of aromatic nitrogens is 2. The van der Waals surface area contributed by atoms with Crippen LogP contribution in [-0.2, 0) is 29.0 Å². The van der Waals surface area contributed by atoms with E-state index in [1.54, 1.807) is 7.11 Å². The number of carboxylic acids is 1. The lowest BCUT2D eigenvalue weighted by molar-refractivity contribution is -0.160. The van der Waals surface area contributed by atoms with Crippen LogP contribution in [0, 0.1) is 19.3 Å². The number of nitrogens with zero attached hydrogens (tertiary/aromatic N) is 4. The molecule has 1 atom stereocenters. The number of fused-ring (bicyclic) bond motifs is 1. The number of hydrogen-bond donors (Lipinski definition) is 1. The maximum atomic E-state index is 12.8. The molecule has 1 unspecified atom stereocenters. The standard InChI is InChI=1S/C36H48N4O4/c1-23-30(26-12-13-27-21-39(17-14-25(27)20-26)22-28-10-9-11-29(38-28)43-8)32(40-18-15-36(6,7)16-19-40)31(24(2)37-23)33(34(41)42)44-35(3,4)5/h9-13,20,33H,14-19,21-22H2,1-8H3,(H,41,42). The number of piperidine rings is 1. The Labute approximate surface area is 262 Å². The first kappa shape index (κ1) is 31.9. The summed E-state index contributed by atoms with van der Waals surface area (Å²) in [6.45, 7) is 18.6. The Kier molecular flexibility index (Phi) is 9.06. The molecule has 2 aromatic heterocycles. The summed E-state index contributed by atoms with van der Waals surface area (Å²) in [5, 5.41) is 10.5. The predicted molar refractivity (Wildman–Crippen MR) is 174 cm³/mol. The predicted octanol–water partition coefficient (Wildman–Crippen LogP) is 6.89. The molecule has 1 saturated heterocycles. The van der Waals surface area contributed by atoms with E-state index in [0.29, 0.717) is 17.1 Å². The second-order valence-corrected chi connectivity index (χ2v) is 14.1. The molecule has 4 heterocycles. The van der Waals surface area contributed by atoms with Gasteiger partial charge < -0.3 is 19.5 Å². The van der Waals surface area contributed by atoms with E-state index in [4.69, 9.17) is 14.5 Å². The molecule has 1 N–H and O–H groups in total. The largest absolute Gasteiger partial charge is 0.481 e. The van der Waals surface area contributed by atoms with E-state index in [2.05, 4.69) is 46.8 Å². The molecule has 3 aromatic rings. The van der Waals surface area contributed by atoms with Crippen molar-refractivity contribution in [2.75, 3.05) is 31.6 Å². The fraction of sp³-hybridized carbons (Fsp3) is 0.528. The molecule has 236 valence electrons. The number of hydrogen-bond acceptors (Lipinski definition) is 7. The van der Waals surface area contributed by atoms with Crippen LogP contribution in [0.4, 0.5) is 5.69 Å². The smallest absolute Gasteiger partial charge is 0.337 e. The quantitative estimate of drug-likeness (QED) is 0.299. The zero-order valence-corrected chi connectivity index (χ0v) is 27.7. The number of aliphatic carboxylic acids is 1.